The predicted octanol–water partition coefficient (Wildman–Crippen LogP) is -0.268. The fraction of sp³-hybridized carbons (Fsp3) is 0.714. The zero-order valence-electron chi connectivity index (χ0n) is 7.03. The molecule has 0 spiro atoms. The quantitative estimate of drug-likeness (QED) is 0.655. The minimum absolute atomic E-state index is 0.273. The van der Waals surface area contributed by atoms with Crippen LogP contribution in [0.15, 0.2) is 11.1 Å². The Balaban J connectivity index is 2.52. The van der Waals surface area contributed by atoms with Crippen molar-refractivity contribution < 1.29 is 5.11 Å². The summed E-state index contributed by atoms with van der Waals surface area (Å²) in [7, 11) is 0. The fourth-order valence-corrected chi connectivity index (χ4v) is 1.05. The number of H-pyrrole nitrogens is 1. The van der Waals surface area contributed by atoms with Crippen LogP contribution in [0, 0.1) is 0 Å². The Bertz CT molecular complexity index is 278. The lowest BCUT2D eigenvalue weighted by Crippen LogP contribution is -2.23. The first-order chi connectivity index (χ1) is 5.74. The van der Waals surface area contributed by atoms with E-state index in [0.717, 1.165) is 6.42 Å². The first-order valence-electron chi connectivity index (χ1n) is 4.02. The van der Waals surface area contributed by atoms with E-state index in [-0.39, 0.29) is 5.69 Å². The second kappa shape index (κ2) is 4.06. The maximum absolute atomic E-state index is 10.9. The van der Waals surface area contributed by atoms with Gasteiger partial charge in [0.2, 0.25) is 0 Å². The van der Waals surface area contributed by atoms with E-state index in [1.54, 1.807) is 0 Å². The van der Waals surface area contributed by atoms with Gasteiger partial charge >= 0.3 is 5.69 Å². The molecule has 0 saturated heterocycles. The molecule has 2 N–H and O–H groups in total. The van der Waals surface area contributed by atoms with Crippen LogP contribution in [0.3, 0.4) is 0 Å². The summed E-state index contributed by atoms with van der Waals surface area (Å²) >= 11 is 0. The summed E-state index contributed by atoms with van der Waals surface area (Å²) in [6.07, 6.45) is 2.55. The van der Waals surface area contributed by atoms with Gasteiger partial charge in [-0.2, -0.15) is 5.10 Å². The van der Waals surface area contributed by atoms with Gasteiger partial charge in [0.1, 0.15) is 6.33 Å². The highest BCUT2D eigenvalue weighted by molar-refractivity contribution is 4.66. The lowest BCUT2D eigenvalue weighted by Gasteiger charge is -2.07. The van der Waals surface area contributed by atoms with Gasteiger partial charge in [0.05, 0.1) is 12.6 Å². The molecule has 0 amide bonds. The molecule has 0 aliphatic carbocycles. The van der Waals surface area contributed by atoms with Crippen molar-refractivity contribution in [3.63, 3.8) is 0 Å². The Labute approximate surface area is 70.0 Å². The van der Waals surface area contributed by atoms with Gasteiger partial charge in [-0.05, 0) is 6.42 Å². The molecular weight excluding hydrogens is 158 g/mol. The molecule has 0 fully saturated rings. The number of nitrogens with one attached hydrogen (secondary N) is 1. The van der Waals surface area contributed by atoms with Crippen LogP contribution in [0.4, 0.5) is 0 Å². The molecule has 1 atom stereocenters. The molecule has 1 heterocycles. The van der Waals surface area contributed by atoms with Crippen LogP contribution in [0.5, 0.6) is 0 Å². The number of hydrogen-bond acceptors (Lipinski definition) is 3. The number of rotatable bonds is 4. The summed E-state index contributed by atoms with van der Waals surface area (Å²) in [4.78, 5) is 10.9. The van der Waals surface area contributed by atoms with Crippen LogP contribution in [0.2, 0.25) is 0 Å². The van der Waals surface area contributed by atoms with Gasteiger partial charge in [0.25, 0.3) is 0 Å². The summed E-state index contributed by atoms with van der Waals surface area (Å²) < 4.78 is 1.36. The number of hydrogen-bond donors (Lipinski definition) is 2. The van der Waals surface area contributed by atoms with E-state index in [1.807, 2.05) is 6.92 Å². The summed E-state index contributed by atoms with van der Waals surface area (Å²) in [5.41, 5.74) is -0.273. The van der Waals surface area contributed by atoms with E-state index >= 15 is 0 Å². The average molecular weight is 171 g/mol. The fourth-order valence-electron chi connectivity index (χ4n) is 1.05. The molecule has 0 radical (unpaired) electrons. The first kappa shape index (κ1) is 8.99. The highest BCUT2D eigenvalue weighted by Gasteiger charge is 2.05. The minimum atomic E-state index is -0.453. The normalized spacial score (nSPS) is 13.2. The Hall–Kier alpha value is -1.10. The number of nitrogens with zero attached hydrogens (tertiary/aromatic N) is 2. The van der Waals surface area contributed by atoms with Gasteiger partial charge in [-0.1, -0.05) is 13.3 Å². The Morgan fingerprint density at radius 2 is 2.58 bits per heavy atom. The first-order valence-corrected chi connectivity index (χ1v) is 4.02. The maximum atomic E-state index is 10.9. The molecule has 0 aliphatic heterocycles. The summed E-state index contributed by atoms with van der Waals surface area (Å²) in [6.45, 7) is 2.31. The predicted molar refractivity (Wildman–Crippen MR) is 43.8 cm³/mol. The van der Waals surface area contributed by atoms with Crippen molar-refractivity contribution in [1.82, 2.24) is 14.8 Å². The van der Waals surface area contributed by atoms with Crippen molar-refractivity contribution in [2.45, 2.75) is 32.4 Å². The summed E-state index contributed by atoms with van der Waals surface area (Å²) in [5, 5.41) is 15.2. The van der Waals surface area contributed by atoms with E-state index < -0.39 is 6.10 Å². The third kappa shape index (κ3) is 2.20. The van der Waals surface area contributed by atoms with Crippen LogP contribution >= 0.6 is 0 Å². The van der Waals surface area contributed by atoms with Crippen LogP contribution in [0.25, 0.3) is 0 Å². The van der Waals surface area contributed by atoms with Crippen LogP contribution in [0.1, 0.15) is 19.8 Å². The zero-order chi connectivity index (χ0) is 8.97. The molecule has 0 aliphatic rings. The second-order valence-electron chi connectivity index (χ2n) is 2.76. The number of aliphatic hydroxyl groups excluding tert-OH is 1. The molecule has 0 bridgehead atoms. The standard InChI is InChI=1S/C7H13N3O2/c1-2-3-6(11)4-10-5-8-9-7(10)12/h5-6,11H,2-4H2,1H3,(H,9,12). The molecule has 5 heteroatoms. The monoisotopic (exact) mass is 171 g/mol. The molecule has 0 saturated carbocycles. The second-order valence-corrected chi connectivity index (χ2v) is 2.76. The van der Waals surface area contributed by atoms with Crippen LogP contribution in [-0.4, -0.2) is 26.0 Å². The SMILES string of the molecule is CCCC(O)Cn1cn[nH]c1=O. The number of aliphatic hydroxyl groups is 1. The lowest BCUT2D eigenvalue weighted by molar-refractivity contribution is 0.142. The summed E-state index contributed by atoms with van der Waals surface area (Å²) in [5.74, 6) is 0. The smallest absolute Gasteiger partial charge is 0.343 e. The molecule has 1 aromatic rings. The van der Waals surface area contributed by atoms with Crippen molar-refractivity contribution in [3.8, 4) is 0 Å². The Morgan fingerprint density at radius 3 is 3.08 bits per heavy atom. The van der Waals surface area contributed by atoms with Gasteiger partial charge in [0.15, 0.2) is 0 Å². The van der Waals surface area contributed by atoms with Gasteiger partial charge in [-0.3, -0.25) is 4.57 Å². The van der Waals surface area contributed by atoms with Gasteiger partial charge in [-0.15, -0.1) is 0 Å². The van der Waals surface area contributed by atoms with E-state index in [1.165, 1.54) is 10.9 Å². The van der Waals surface area contributed by atoms with Gasteiger partial charge in [0, 0.05) is 0 Å². The highest BCUT2D eigenvalue weighted by Crippen LogP contribution is 1.97. The van der Waals surface area contributed by atoms with Gasteiger partial charge < -0.3 is 5.11 Å². The molecule has 68 valence electrons. The number of aromatic amines is 1. The third-order valence-corrected chi connectivity index (χ3v) is 1.65. The van der Waals surface area contributed by atoms with Crippen LogP contribution < -0.4 is 5.69 Å². The van der Waals surface area contributed by atoms with E-state index in [0.29, 0.717) is 13.0 Å². The van der Waals surface area contributed by atoms with Crippen LogP contribution in [-0.2, 0) is 6.54 Å². The van der Waals surface area contributed by atoms with E-state index in [9.17, 15) is 9.90 Å². The lowest BCUT2D eigenvalue weighted by atomic mass is 10.2. The minimum Gasteiger partial charge on any atom is -0.391 e. The van der Waals surface area contributed by atoms with Crippen molar-refractivity contribution >= 4 is 0 Å². The van der Waals surface area contributed by atoms with E-state index in [2.05, 4.69) is 10.2 Å². The van der Waals surface area contributed by atoms with E-state index in [4.69, 9.17) is 0 Å². The molecule has 1 rings (SSSR count). The highest BCUT2D eigenvalue weighted by atomic mass is 16.3. The molecule has 1 unspecified atom stereocenters. The molecule has 0 aromatic carbocycles. The summed E-state index contributed by atoms with van der Waals surface area (Å²) in [6, 6.07) is 0. The largest absolute Gasteiger partial charge is 0.391 e. The molecule has 1 aromatic heterocycles. The third-order valence-electron chi connectivity index (χ3n) is 1.65. The van der Waals surface area contributed by atoms with Crippen molar-refractivity contribution in [2.75, 3.05) is 0 Å². The topological polar surface area (TPSA) is 70.9 Å². The van der Waals surface area contributed by atoms with Crippen molar-refractivity contribution in [2.24, 2.45) is 0 Å². The zero-order valence-corrected chi connectivity index (χ0v) is 7.03. The maximum Gasteiger partial charge on any atom is 0.343 e. The van der Waals surface area contributed by atoms with Crippen molar-refractivity contribution in [3.05, 3.63) is 16.8 Å². The van der Waals surface area contributed by atoms with Gasteiger partial charge in [-0.25, -0.2) is 9.89 Å². The Morgan fingerprint density at radius 1 is 1.83 bits per heavy atom. The Kier molecular flexibility index (Phi) is 3.04. The molecular formula is C7H13N3O2. The molecule has 5 nitrogen and oxygen atoms in total. The number of aromatic nitrogens is 3. The van der Waals surface area contributed by atoms with Crippen molar-refractivity contribution in [1.29, 1.82) is 0 Å². The average Bonchev–Trinajstić information content (AvgIpc) is 2.37. The molecule has 12 heavy (non-hydrogen) atoms.